The molecule has 0 aliphatic heterocycles. The lowest BCUT2D eigenvalue weighted by Crippen LogP contribution is -2.26. The molecule has 0 unspecified atom stereocenters. The Morgan fingerprint density at radius 1 is 1.09 bits per heavy atom. The van der Waals surface area contributed by atoms with Crippen LogP contribution in [0.25, 0.3) is 11.4 Å². The zero-order valence-corrected chi connectivity index (χ0v) is 20.1. The molecule has 2 heterocycles. The number of tetrazole rings is 1. The number of unbranched alkanes of at least 4 members (excludes halogenated alkanes) is 1. The number of halogens is 1. The fourth-order valence-corrected chi connectivity index (χ4v) is 3.95. The minimum atomic E-state index is -0.0478. The fourth-order valence-electron chi connectivity index (χ4n) is 3.68. The van der Waals surface area contributed by atoms with Gasteiger partial charge in [-0.25, -0.2) is 9.48 Å². The molecule has 2 aromatic carbocycles. The van der Waals surface area contributed by atoms with Crippen molar-refractivity contribution in [2.75, 3.05) is 0 Å². The Kier molecular flexibility index (Phi) is 7.74. The first-order valence-electron chi connectivity index (χ1n) is 11.5. The van der Waals surface area contributed by atoms with Crippen LogP contribution >= 0.6 is 11.6 Å². The van der Waals surface area contributed by atoms with E-state index in [1.54, 1.807) is 9.25 Å². The first-order chi connectivity index (χ1) is 16.6. The molecule has 0 saturated heterocycles. The molecule has 178 valence electrons. The van der Waals surface area contributed by atoms with Crippen LogP contribution in [0.3, 0.4) is 0 Å². The number of aromatic nitrogens is 7. The van der Waals surface area contributed by atoms with Gasteiger partial charge in [-0.05, 0) is 41.8 Å². The van der Waals surface area contributed by atoms with Gasteiger partial charge in [0.05, 0.1) is 11.6 Å². The van der Waals surface area contributed by atoms with Crippen molar-refractivity contribution in [1.29, 1.82) is 0 Å². The highest BCUT2D eigenvalue weighted by atomic mass is 35.5. The van der Waals surface area contributed by atoms with Gasteiger partial charge in [-0.2, -0.15) is 10.3 Å². The van der Waals surface area contributed by atoms with E-state index in [0.717, 1.165) is 42.6 Å². The van der Waals surface area contributed by atoms with E-state index in [2.05, 4.69) is 39.6 Å². The van der Waals surface area contributed by atoms with Gasteiger partial charge in [0.25, 0.3) is 0 Å². The summed E-state index contributed by atoms with van der Waals surface area (Å²) in [4.78, 5) is 12.9. The standard InChI is InChI=1S/C24H28ClN7O2/c1-3-5-14-32-24(33)31(21(28-32)7-4-2)15-17-10-12-19(13-11-17)34-16-18-8-6-9-20(22(18)25)23-26-29-30-27-23/h6,8-13H,3-5,7,14-16H2,1-2H3,(H,26,27,29,30). The molecule has 34 heavy (non-hydrogen) atoms. The molecule has 0 amide bonds. The van der Waals surface area contributed by atoms with Crippen LogP contribution in [0.5, 0.6) is 5.75 Å². The third-order valence-corrected chi connectivity index (χ3v) is 5.97. The van der Waals surface area contributed by atoms with Crippen molar-refractivity contribution in [2.24, 2.45) is 0 Å². The summed E-state index contributed by atoms with van der Waals surface area (Å²) in [6.07, 6.45) is 3.68. The summed E-state index contributed by atoms with van der Waals surface area (Å²) in [7, 11) is 0. The number of aromatic amines is 1. The number of ether oxygens (including phenoxy) is 1. The van der Waals surface area contributed by atoms with Gasteiger partial charge in [-0.1, -0.05) is 56.1 Å². The van der Waals surface area contributed by atoms with E-state index in [4.69, 9.17) is 16.3 Å². The molecule has 1 N–H and O–H groups in total. The lowest BCUT2D eigenvalue weighted by molar-refractivity contribution is 0.306. The number of nitrogens with one attached hydrogen (secondary N) is 1. The second-order valence-electron chi connectivity index (χ2n) is 8.06. The Morgan fingerprint density at radius 3 is 2.62 bits per heavy atom. The predicted octanol–water partition coefficient (Wildman–Crippen LogP) is 4.26. The topological polar surface area (TPSA) is 104 Å². The van der Waals surface area contributed by atoms with Crippen LogP contribution in [0.2, 0.25) is 5.02 Å². The van der Waals surface area contributed by atoms with Crippen molar-refractivity contribution < 1.29 is 4.74 Å². The van der Waals surface area contributed by atoms with Crippen LogP contribution in [0.1, 0.15) is 50.1 Å². The van der Waals surface area contributed by atoms with Crippen LogP contribution in [0, 0.1) is 0 Å². The quantitative estimate of drug-likeness (QED) is 0.343. The van der Waals surface area contributed by atoms with E-state index in [9.17, 15) is 4.79 Å². The molecule has 0 atom stereocenters. The van der Waals surface area contributed by atoms with Gasteiger partial charge in [0, 0.05) is 24.1 Å². The van der Waals surface area contributed by atoms with Gasteiger partial charge in [0.1, 0.15) is 18.2 Å². The smallest absolute Gasteiger partial charge is 0.346 e. The Labute approximate surface area is 202 Å². The third kappa shape index (κ3) is 5.36. The summed E-state index contributed by atoms with van der Waals surface area (Å²) in [6.45, 7) is 5.64. The highest BCUT2D eigenvalue weighted by molar-refractivity contribution is 6.33. The number of benzene rings is 2. The van der Waals surface area contributed by atoms with Gasteiger partial charge in [-0.3, -0.25) is 4.57 Å². The minimum Gasteiger partial charge on any atom is -0.489 e. The molecule has 9 nitrogen and oxygen atoms in total. The number of H-pyrrole nitrogens is 1. The van der Waals surface area contributed by atoms with Crippen molar-refractivity contribution in [3.63, 3.8) is 0 Å². The van der Waals surface area contributed by atoms with Crippen LogP contribution in [0.15, 0.2) is 47.3 Å². The van der Waals surface area contributed by atoms with Gasteiger partial charge < -0.3 is 4.74 Å². The van der Waals surface area contributed by atoms with Gasteiger partial charge in [-0.15, -0.1) is 10.2 Å². The zero-order chi connectivity index (χ0) is 23.9. The second kappa shape index (κ2) is 11.1. The Balaban J connectivity index is 1.44. The maximum atomic E-state index is 12.9. The Bertz CT molecular complexity index is 1260. The summed E-state index contributed by atoms with van der Waals surface area (Å²) in [5, 5.41) is 19.1. The molecule has 0 radical (unpaired) electrons. The van der Waals surface area contributed by atoms with Crippen molar-refractivity contribution >= 4 is 11.6 Å². The van der Waals surface area contributed by atoms with E-state index >= 15 is 0 Å². The van der Waals surface area contributed by atoms with E-state index in [-0.39, 0.29) is 5.69 Å². The highest BCUT2D eigenvalue weighted by Crippen LogP contribution is 2.29. The summed E-state index contributed by atoms with van der Waals surface area (Å²) in [5.74, 6) is 1.98. The molecular formula is C24H28ClN7O2. The average Bonchev–Trinajstić information content (AvgIpc) is 3.48. The summed E-state index contributed by atoms with van der Waals surface area (Å²) < 4.78 is 9.32. The maximum absolute atomic E-state index is 12.9. The molecule has 10 heteroatoms. The van der Waals surface area contributed by atoms with E-state index in [0.29, 0.717) is 41.9 Å². The van der Waals surface area contributed by atoms with E-state index in [1.807, 2.05) is 42.5 Å². The molecule has 0 aliphatic carbocycles. The van der Waals surface area contributed by atoms with Crippen LogP contribution in [-0.2, 0) is 26.1 Å². The second-order valence-corrected chi connectivity index (χ2v) is 8.44. The van der Waals surface area contributed by atoms with Crippen LogP contribution < -0.4 is 10.4 Å². The van der Waals surface area contributed by atoms with Crippen molar-refractivity contribution in [2.45, 2.75) is 59.2 Å². The maximum Gasteiger partial charge on any atom is 0.346 e. The van der Waals surface area contributed by atoms with Crippen molar-refractivity contribution in [3.8, 4) is 17.1 Å². The Hall–Kier alpha value is -3.46. The lowest BCUT2D eigenvalue weighted by Gasteiger charge is -2.11. The third-order valence-electron chi connectivity index (χ3n) is 5.52. The molecule has 0 spiro atoms. The largest absolute Gasteiger partial charge is 0.489 e. The fraction of sp³-hybridized carbons (Fsp3) is 0.375. The summed E-state index contributed by atoms with van der Waals surface area (Å²) in [5.41, 5.74) is 2.48. The molecule has 0 saturated carbocycles. The zero-order valence-electron chi connectivity index (χ0n) is 19.4. The number of rotatable bonds is 11. The number of hydrogen-bond acceptors (Lipinski definition) is 6. The lowest BCUT2D eigenvalue weighted by atomic mass is 10.1. The molecule has 0 bridgehead atoms. The molecule has 4 aromatic rings. The highest BCUT2D eigenvalue weighted by Gasteiger charge is 2.14. The van der Waals surface area contributed by atoms with Gasteiger partial charge in [0.2, 0.25) is 5.82 Å². The van der Waals surface area contributed by atoms with Gasteiger partial charge >= 0.3 is 5.69 Å². The summed E-state index contributed by atoms with van der Waals surface area (Å²) in [6, 6.07) is 13.4. The number of aryl methyl sites for hydroxylation is 2. The molecule has 2 aromatic heterocycles. The predicted molar refractivity (Wildman–Crippen MR) is 130 cm³/mol. The first-order valence-corrected chi connectivity index (χ1v) is 11.9. The minimum absolute atomic E-state index is 0.0478. The number of hydrogen-bond donors (Lipinski definition) is 1. The normalized spacial score (nSPS) is 11.1. The Morgan fingerprint density at radius 2 is 1.91 bits per heavy atom. The average molecular weight is 482 g/mol. The van der Waals surface area contributed by atoms with E-state index in [1.165, 1.54) is 0 Å². The van der Waals surface area contributed by atoms with Crippen molar-refractivity contribution in [3.05, 3.63) is 74.9 Å². The molecule has 4 rings (SSSR count). The monoisotopic (exact) mass is 481 g/mol. The first kappa shape index (κ1) is 23.7. The van der Waals surface area contributed by atoms with Crippen molar-refractivity contribution in [1.82, 2.24) is 35.0 Å². The molecular weight excluding hydrogens is 454 g/mol. The SMILES string of the molecule is CCCCn1nc(CCC)n(Cc2ccc(OCc3cccc(-c4nn[nH]n4)c3Cl)cc2)c1=O. The molecule has 0 fully saturated rings. The van der Waals surface area contributed by atoms with Gasteiger partial charge in [0.15, 0.2) is 0 Å². The molecule has 0 aliphatic rings. The number of nitrogens with zero attached hydrogens (tertiary/aromatic N) is 6. The summed E-state index contributed by atoms with van der Waals surface area (Å²) >= 11 is 6.53. The van der Waals surface area contributed by atoms with E-state index < -0.39 is 0 Å². The van der Waals surface area contributed by atoms with Crippen LogP contribution in [0.4, 0.5) is 0 Å². The van der Waals surface area contributed by atoms with Crippen LogP contribution in [-0.4, -0.2) is 35.0 Å².